The van der Waals surface area contributed by atoms with Gasteiger partial charge in [0.05, 0.1) is 16.1 Å². The maximum atomic E-state index is 12.9. The third-order valence-corrected chi connectivity index (χ3v) is 7.63. The number of hydrogen-bond acceptors (Lipinski definition) is 6. The molecular weight excluding hydrogens is 326 g/mol. The summed E-state index contributed by atoms with van der Waals surface area (Å²) < 4.78 is 25.1. The van der Waals surface area contributed by atoms with Crippen molar-refractivity contribution in [2.75, 3.05) is 5.75 Å². The van der Waals surface area contributed by atoms with Gasteiger partial charge in [0.1, 0.15) is 5.75 Å². The highest BCUT2D eigenvalue weighted by atomic mass is 32.2. The minimum atomic E-state index is -3.75. The van der Waals surface area contributed by atoms with E-state index in [2.05, 4.69) is 0 Å². The average Bonchev–Trinajstić information content (AvgIpc) is 2.45. The Morgan fingerprint density at radius 2 is 1.91 bits per heavy atom. The quantitative estimate of drug-likeness (QED) is 0.567. The fourth-order valence-corrected chi connectivity index (χ4v) is 6.54. The van der Waals surface area contributed by atoms with E-state index in [0.717, 1.165) is 0 Å². The summed E-state index contributed by atoms with van der Waals surface area (Å²) in [5.74, 6) is -0.966. The Bertz CT molecular complexity index is 654. The lowest BCUT2D eigenvalue weighted by molar-refractivity contribution is -0.134. The van der Waals surface area contributed by atoms with E-state index >= 15 is 0 Å². The van der Waals surface area contributed by atoms with E-state index < -0.39 is 31.7 Å². The molecule has 1 unspecified atom stereocenters. The molecule has 1 aliphatic heterocycles. The Hall–Kier alpha value is -1.25. The van der Waals surface area contributed by atoms with Crippen molar-refractivity contribution in [2.45, 2.75) is 35.2 Å². The van der Waals surface area contributed by atoms with Gasteiger partial charge < -0.3 is 5.11 Å². The Balaban J connectivity index is 2.47. The van der Waals surface area contributed by atoms with Crippen LogP contribution < -0.4 is 5.48 Å². The summed E-state index contributed by atoms with van der Waals surface area (Å²) in [4.78, 5) is 12.1. The number of carbonyl (C=O) groups is 1. The van der Waals surface area contributed by atoms with Crippen LogP contribution in [0.15, 0.2) is 29.2 Å². The summed E-state index contributed by atoms with van der Waals surface area (Å²) in [6.45, 7) is 3.60. The van der Waals surface area contributed by atoms with Crippen LogP contribution >= 0.6 is 11.8 Å². The van der Waals surface area contributed by atoms with Gasteiger partial charge in [0, 0.05) is 4.75 Å². The van der Waals surface area contributed by atoms with E-state index in [1.54, 1.807) is 19.3 Å². The molecule has 1 amide bonds. The number of benzene rings is 1. The molecule has 0 aromatic heterocycles. The van der Waals surface area contributed by atoms with Crippen molar-refractivity contribution in [3.8, 4) is 5.75 Å². The average molecular weight is 345 g/mol. The zero-order chi connectivity index (χ0) is 16.5. The van der Waals surface area contributed by atoms with Gasteiger partial charge in [-0.3, -0.25) is 10.0 Å². The largest absolute Gasteiger partial charge is 0.508 e. The number of nitrogens with one attached hydrogen (secondary N) is 1. The molecule has 22 heavy (non-hydrogen) atoms. The molecular formula is C14H19NO5S2. The van der Waals surface area contributed by atoms with Crippen molar-refractivity contribution in [1.82, 2.24) is 5.48 Å². The first-order chi connectivity index (χ1) is 10.2. The zero-order valence-corrected chi connectivity index (χ0v) is 13.9. The predicted molar refractivity (Wildman–Crippen MR) is 83.7 cm³/mol. The fraction of sp³-hybridized carbons (Fsp3) is 0.500. The van der Waals surface area contributed by atoms with Crippen LogP contribution in [0.25, 0.3) is 0 Å². The summed E-state index contributed by atoms with van der Waals surface area (Å²) in [6.07, 6.45) is 0.329. The van der Waals surface area contributed by atoms with Crippen molar-refractivity contribution < 1.29 is 23.5 Å². The van der Waals surface area contributed by atoms with Crippen molar-refractivity contribution in [3.63, 3.8) is 0 Å². The molecule has 0 spiro atoms. The second kappa shape index (κ2) is 6.10. The normalized spacial score (nSPS) is 24.7. The first-order valence-electron chi connectivity index (χ1n) is 6.81. The van der Waals surface area contributed by atoms with Crippen LogP contribution in [-0.4, -0.2) is 40.4 Å². The summed E-state index contributed by atoms with van der Waals surface area (Å²) in [6, 6.07) is 5.26. The topological polar surface area (TPSA) is 104 Å². The highest BCUT2D eigenvalue weighted by Gasteiger charge is 2.49. The summed E-state index contributed by atoms with van der Waals surface area (Å²) in [5, 5.41) is 17.4. The summed E-state index contributed by atoms with van der Waals surface area (Å²) >= 11 is 1.51. The van der Waals surface area contributed by atoms with E-state index in [1.165, 1.54) is 36.0 Å². The van der Waals surface area contributed by atoms with E-state index in [0.29, 0.717) is 12.2 Å². The van der Waals surface area contributed by atoms with Crippen LogP contribution in [0, 0.1) is 5.92 Å². The van der Waals surface area contributed by atoms with Crippen LogP contribution in [0.4, 0.5) is 0 Å². The van der Waals surface area contributed by atoms with E-state index in [1.807, 2.05) is 0 Å². The molecule has 6 nitrogen and oxygen atoms in total. The number of aromatic hydroxyl groups is 1. The molecule has 1 fully saturated rings. The Morgan fingerprint density at radius 1 is 1.32 bits per heavy atom. The van der Waals surface area contributed by atoms with Crippen molar-refractivity contribution in [3.05, 3.63) is 24.3 Å². The standard InChI is InChI=1S/C14H19NO5S2/c1-14(2)12(13(17)15-18)11(7-8-21-14)22(19,20)10-5-3-9(16)4-6-10/h3-6,11-12,16,18H,7-8H2,1-2H3,(H,15,17)/t11?,12-/m0/s1. The minimum absolute atomic E-state index is 0.0249. The van der Waals surface area contributed by atoms with E-state index in [-0.39, 0.29) is 10.6 Å². The smallest absolute Gasteiger partial charge is 0.249 e. The first-order valence-corrected chi connectivity index (χ1v) is 9.34. The maximum Gasteiger partial charge on any atom is 0.249 e. The number of hydrogen-bond donors (Lipinski definition) is 3. The fourth-order valence-electron chi connectivity index (χ4n) is 2.84. The maximum absolute atomic E-state index is 12.9. The number of phenolic OH excluding ortho intramolecular Hbond substituents is 1. The van der Waals surface area contributed by atoms with Crippen molar-refractivity contribution in [2.24, 2.45) is 5.92 Å². The van der Waals surface area contributed by atoms with Crippen molar-refractivity contribution >= 4 is 27.5 Å². The number of sulfone groups is 1. The zero-order valence-electron chi connectivity index (χ0n) is 12.3. The summed E-state index contributed by atoms with van der Waals surface area (Å²) in [7, 11) is -3.75. The van der Waals surface area contributed by atoms with Crippen LogP contribution in [0.3, 0.4) is 0 Å². The molecule has 1 heterocycles. The molecule has 0 saturated carbocycles. The molecule has 1 aromatic carbocycles. The second-order valence-corrected chi connectivity index (χ2v) is 9.69. The minimum Gasteiger partial charge on any atom is -0.508 e. The van der Waals surface area contributed by atoms with Crippen LogP contribution in [0.2, 0.25) is 0 Å². The van der Waals surface area contributed by atoms with Gasteiger partial charge in [-0.2, -0.15) is 11.8 Å². The lowest BCUT2D eigenvalue weighted by Gasteiger charge is -2.41. The molecule has 3 N–H and O–H groups in total. The number of hydroxylamine groups is 1. The highest BCUT2D eigenvalue weighted by molar-refractivity contribution is 8.01. The number of amides is 1. The van der Waals surface area contributed by atoms with Gasteiger partial charge >= 0.3 is 0 Å². The van der Waals surface area contributed by atoms with Crippen molar-refractivity contribution in [1.29, 1.82) is 0 Å². The van der Waals surface area contributed by atoms with Gasteiger partial charge in [0.2, 0.25) is 5.91 Å². The first kappa shape index (κ1) is 17.1. The Labute approximate surface area is 133 Å². The van der Waals surface area contributed by atoms with E-state index in [9.17, 15) is 18.3 Å². The molecule has 0 radical (unpaired) electrons. The van der Waals surface area contributed by atoms with Crippen LogP contribution in [0.1, 0.15) is 20.3 Å². The van der Waals surface area contributed by atoms with Gasteiger partial charge in [-0.1, -0.05) is 0 Å². The lowest BCUT2D eigenvalue weighted by Crippen LogP contribution is -2.52. The van der Waals surface area contributed by atoms with Crippen LogP contribution in [0.5, 0.6) is 5.75 Å². The third kappa shape index (κ3) is 3.09. The number of thioether (sulfide) groups is 1. The van der Waals surface area contributed by atoms with Gasteiger partial charge in [-0.15, -0.1) is 0 Å². The molecule has 8 heteroatoms. The Kier molecular flexibility index (Phi) is 4.74. The second-order valence-electron chi connectivity index (χ2n) is 5.77. The molecule has 2 atom stereocenters. The molecule has 1 aliphatic rings. The summed E-state index contributed by atoms with van der Waals surface area (Å²) in [5.41, 5.74) is 1.60. The highest BCUT2D eigenvalue weighted by Crippen LogP contribution is 2.44. The Morgan fingerprint density at radius 3 is 2.45 bits per heavy atom. The molecule has 1 aromatic rings. The monoisotopic (exact) mass is 345 g/mol. The molecule has 122 valence electrons. The third-order valence-electron chi connectivity index (χ3n) is 3.95. The molecule has 0 aliphatic carbocycles. The number of carbonyl (C=O) groups excluding carboxylic acids is 1. The molecule has 2 rings (SSSR count). The number of rotatable bonds is 3. The van der Waals surface area contributed by atoms with Gasteiger partial charge in [0.25, 0.3) is 0 Å². The predicted octanol–water partition coefficient (Wildman–Crippen LogP) is 1.57. The molecule has 0 bridgehead atoms. The van der Waals surface area contributed by atoms with Gasteiger partial charge in [-0.25, -0.2) is 13.9 Å². The van der Waals surface area contributed by atoms with Gasteiger partial charge in [0.15, 0.2) is 9.84 Å². The number of phenols is 1. The van der Waals surface area contributed by atoms with Crippen LogP contribution in [-0.2, 0) is 14.6 Å². The SMILES string of the molecule is CC1(C)SCCC(S(=O)(=O)c2ccc(O)cc2)[C@H]1C(=O)NO. The van der Waals surface area contributed by atoms with Gasteiger partial charge in [-0.05, 0) is 50.3 Å². The molecule has 1 saturated heterocycles. The lowest BCUT2D eigenvalue weighted by atomic mass is 9.88. The van der Waals surface area contributed by atoms with E-state index in [4.69, 9.17) is 5.21 Å².